The van der Waals surface area contributed by atoms with Crippen molar-refractivity contribution in [3.05, 3.63) is 74.8 Å². The van der Waals surface area contributed by atoms with E-state index in [1.807, 2.05) is 24.4 Å². The number of Topliss-reactive ketones (excluding diaryl/α,β-unsaturated/α-hetero) is 1. The minimum atomic E-state index is -0.581. The summed E-state index contributed by atoms with van der Waals surface area (Å²) in [5.74, 6) is -0.801. The highest BCUT2D eigenvalue weighted by Gasteiger charge is 2.41. The molecule has 1 fully saturated rings. The Balaban J connectivity index is 1.50. The second-order valence-electron chi connectivity index (χ2n) is 8.86. The smallest absolute Gasteiger partial charge is 0.336 e. The van der Waals surface area contributed by atoms with Crippen LogP contribution in [0.1, 0.15) is 54.9 Å². The van der Waals surface area contributed by atoms with E-state index in [-0.39, 0.29) is 30.2 Å². The molecule has 33 heavy (non-hydrogen) atoms. The van der Waals surface area contributed by atoms with Gasteiger partial charge in [0.05, 0.1) is 11.7 Å². The van der Waals surface area contributed by atoms with Crippen LogP contribution in [0.3, 0.4) is 0 Å². The van der Waals surface area contributed by atoms with Crippen molar-refractivity contribution < 1.29 is 24.2 Å². The van der Waals surface area contributed by atoms with E-state index in [0.29, 0.717) is 41.9 Å². The molecule has 172 valence electrons. The number of phenolic OH excluding ortho intramolecular Hbond substituents is 1. The lowest BCUT2D eigenvalue weighted by molar-refractivity contribution is -0.142. The number of dihydropyridines is 1. The number of aromatic hydroxyl groups is 1. The number of ketones is 1. The number of hydrogen-bond donors (Lipinski definition) is 2. The van der Waals surface area contributed by atoms with Gasteiger partial charge in [-0.2, -0.15) is 0 Å². The Morgan fingerprint density at radius 2 is 2.15 bits per heavy atom. The number of ether oxygens (including phenoxy) is 2. The summed E-state index contributed by atoms with van der Waals surface area (Å²) in [5, 5.41) is 15.5. The molecule has 2 N–H and O–H groups in total. The highest BCUT2D eigenvalue weighted by atomic mass is 32.1. The number of benzene rings is 1. The van der Waals surface area contributed by atoms with E-state index in [1.165, 1.54) is 4.88 Å². The van der Waals surface area contributed by atoms with Crippen molar-refractivity contribution in [3.63, 3.8) is 0 Å². The average Bonchev–Trinajstić information content (AvgIpc) is 3.50. The molecule has 6 nitrogen and oxygen atoms in total. The molecule has 0 saturated carbocycles. The fraction of sp³-hybridized carbons (Fsp3) is 0.385. The topological polar surface area (TPSA) is 84.9 Å². The van der Waals surface area contributed by atoms with Gasteiger partial charge in [0.1, 0.15) is 12.4 Å². The van der Waals surface area contributed by atoms with Gasteiger partial charge < -0.3 is 19.9 Å². The molecule has 1 aliphatic carbocycles. The molecule has 1 aromatic carbocycles. The monoisotopic (exact) mass is 465 g/mol. The van der Waals surface area contributed by atoms with Crippen LogP contribution < -0.4 is 5.32 Å². The number of carbonyl (C=O) groups excluding carboxylic acids is 2. The number of esters is 1. The highest BCUT2D eigenvalue weighted by molar-refractivity contribution is 7.10. The minimum Gasteiger partial charge on any atom is -0.508 e. The number of allylic oxidation sites excluding steroid dienone is 3. The molecule has 7 heteroatoms. The van der Waals surface area contributed by atoms with Crippen LogP contribution in [0, 0.1) is 0 Å². The zero-order chi connectivity index (χ0) is 22.9. The summed E-state index contributed by atoms with van der Waals surface area (Å²) < 4.78 is 11.2. The standard InChI is InChI=1S/C26H27NO5S/c1-15-23(26(30)32-14-19-7-3-9-31-19)24(16-5-2-6-18(28)11-16)25-20(27-15)12-17(13-21(25)29)22-8-4-10-33-22/h2,4-6,8,10-11,17,19,24,27-28H,3,7,9,12-14H2,1H3. The summed E-state index contributed by atoms with van der Waals surface area (Å²) in [4.78, 5) is 28.0. The zero-order valence-corrected chi connectivity index (χ0v) is 19.3. The number of hydrogen-bond acceptors (Lipinski definition) is 7. The van der Waals surface area contributed by atoms with E-state index in [2.05, 4.69) is 11.4 Å². The molecule has 1 saturated heterocycles. The van der Waals surface area contributed by atoms with Crippen LogP contribution in [-0.2, 0) is 19.1 Å². The summed E-state index contributed by atoms with van der Waals surface area (Å²) in [7, 11) is 0. The van der Waals surface area contributed by atoms with Crippen LogP contribution in [0.5, 0.6) is 5.75 Å². The Hall–Kier alpha value is -2.90. The maximum atomic E-state index is 13.5. The van der Waals surface area contributed by atoms with Crippen molar-refractivity contribution in [1.82, 2.24) is 5.32 Å². The number of phenols is 1. The molecule has 3 atom stereocenters. The molecule has 3 aliphatic rings. The van der Waals surface area contributed by atoms with E-state index < -0.39 is 11.9 Å². The van der Waals surface area contributed by atoms with Gasteiger partial charge in [-0.1, -0.05) is 18.2 Å². The molecule has 5 rings (SSSR count). The number of thiophene rings is 1. The summed E-state index contributed by atoms with van der Waals surface area (Å²) >= 11 is 1.66. The lowest BCUT2D eigenvalue weighted by atomic mass is 9.72. The Kier molecular flexibility index (Phi) is 6.08. The van der Waals surface area contributed by atoms with E-state index >= 15 is 0 Å². The second kappa shape index (κ2) is 9.15. The summed E-state index contributed by atoms with van der Waals surface area (Å²) in [6.45, 7) is 2.73. The van der Waals surface area contributed by atoms with Crippen LogP contribution in [0.4, 0.5) is 0 Å². The van der Waals surface area contributed by atoms with Gasteiger partial charge in [-0.3, -0.25) is 4.79 Å². The number of carbonyl (C=O) groups is 2. The van der Waals surface area contributed by atoms with Crippen LogP contribution in [0.25, 0.3) is 0 Å². The minimum absolute atomic E-state index is 0.0208. The van der Waals surface area contributed by atoms with Crippen LogP contribution >= 0.6 is 11.3 Å². The SMILES string of the molecule is CC1=C(C(=O)OCC2CCCO2)C(c2cccc(O)c2)C2=C(CC(c3cccs3)CC2=O)N1. The van der Waals surface area contributed by atoms with Gasteiger partial charge >= 0.3 is 5.97 Å². The Bertz CT molecular complexity index is 1130. The molecule has 1 aromatic heterocycles. The van der Waals surface area contributed by atoms with Crippen molar-refractivity contribution in [2.75, 3.05) is 13.2 Å². The molecular formula is C26H27NO5S. The molecule has 0 amide bonds. The van der Waals surface area contributed by atoms with Gasteiger partial charge in [0.2, 0.25) is 0 Å². The largest absolute Gasteiger partial charge is 0.508 e. The van der Waals surface area contributed by atoms with Gasteiger partial charge in [-0.25, -0.2) is 4.79 Å². The van der Waals surface area contributed by atoms with Crippen LogP contribution in [0.2, 0.25) is 0 Å². The van der Waals surface area contributed by atoms with Crippen molar-refractivity contribution >= 4 is 23.1 Å². The molecule has 0 bridgehead atoms. The van der Waals surface area contributed by atoms with Crippen LogP contribution in [0.15, 0.2) is 64.3 Å². The normalized spacial score (nSPS) is 25.1. The lowest BCUT2D eigenvalue weighted by Crippen LogP contribution is -2.36. The van der Waals surface area contributed by atoms with Gasteiger partial charge in [-0.15, -0.1) is 11.3 Å². The zero-order valence-electron chi connectivity index (χ0n) is 18.5. The van der Waals surface area contributed by atoms with Crippen molar-refractivity contribution in [2.45, 2.75) is 50.5 Å². The molecule has 0 radical (unpaired) electrons. The van der Waals surface area contributed by atoms with Crippen molar-refractivity contribution in [1.29, 1.82) is 0 Å². The summed E-state index contributed by atoms with van der Waals surface area (Å²) in [6.07, 6.45) is 2.86. The van der Waals surface area contributed by atoms with Gasteiger partial charge in [-0.05, 0) is 55.3 Å². The molecule has 3 unspecified atom stereocenters. The van der Waals surface area contributed by atoms with Crippen molar-refractivity contribution in [3.8, 4) is 5.75 Å². The highest BCUT2D eigenvalue weighted by Crippen LogP contribution is 2.46. The molecule has 0 spiro atoms. The maximum Gasteiger partial charge on any atom is 0.336 e. The average molecular weight is 466 g/mol. The Morgan fingerprint density at radius 1 is 1.27 bits per heavy atom. The first-order chi connectivity index (χ1) is 16.0. The van der Waals surface area contributed by atoms with Gasteiger partial charge in [0.25, 0.3) is 0 Å². The van der Waals surface area contributed by atoms with Crippen LogP contribution in [-0.4, -0.2) is 36.2 Å². The van der Waals surface area contributed by atoms with Gasteiger partial charge in [0.15, 0.2) is 5.78 Å². The van der Waals surface area contributed by atoms with E-state index in [4.69, 9.17) is 9.47 Å². The first kappa shape index (κ1) is 21.9. The second-order valence-corrected chi connectivity index (χ2v) is 9.84. The van der Waals surface area contributed by atoms with E-state index in [0.717, 1.165) is 18.5 Å². The first-order valence-electron chi connectivity index (χ1n) is 11.4. The Morgan fingerprint density at radius 3 is 2.88 bits per heavy atom. The van der Waals surface area contributed by atoms with Crippen molar-refractivity contribution in [2.24, 2.45) is 0 Å². The third-order valence-corrected chi connectivity index (χ3v) is 7.66. The third-order valence-electron chi connectivity index (χ3n) is 6.62. The van der Waals surface area contributed by atoms with E-state index in [9.17, 15) is 14.7 Å². The molecule has 2 aliphatic heterocycles. The number of rotatable bonds is 5. The third kappa shape index (κ3) is 4.35. The number of nitrogens with one attached hydrogen (secondary N) is 1. The predicted octanol–water partition coefficient (Wildman–Crippen LogP) is 4.54. The van der Waals surface area contributed by atoms with E-state index in [1.54, 1.807) is 29.5 Å². The predicted molar refractivity (Wildman–Crippen MR) is 125 cm³/mol. The molecular weight excluding hydrogens is 438 g/mol. The summed E-state index contributed by atoms with van der Waals surface area (Å²) in [6, 6.07) is 10.9. The first-order valence-corrected chi connectivity index (χ1v) is 12.2. The Labute approximate surface area is 196 Å². The lowest BCUT2D eigenvalue weighted by Gasteiger charge is -2.36. The van der Waals surface area contributed by atoms with Gasteiger partial charge in [0, 0.05) is 46.7 Å². The molecule has 3 heterocycles. The quantitative estimate of drug-likeness (QED) is 0.631. The summed E-state index contributed by atoms with van der Waals surface area (Å²) in [5.41, 5.74) is 3.25. The fourth-order valence-electron chi connectivity index (χ4n) is 5.09. The maximum absolute atomic E-state index is 13.5. The molecule has 2 aromatic rings. The fourth-order valence-corrected chi connectivity index (χ4v) is 5.92.